The van der Waals surface area contributed by atoms with Crippen LogP contribution >= 0.6 is 11.3 Å². The Morgan fingerprint density at radius 2 is 1.80 bits per heavy atom. The minimum atomic E-state index is -1.03. The molecule has 35 heavy (non-hydrogen) atoms. The molecule has 1 unspecified atom stereocenters. The van der Waals surface area contributed by atoms with Crippen molar-refractivity contribution in [3.63, 3.8) is 0 Å². The van der Waals surface area contributed by atoms with E-state index in [1.165, 1.54) is 11.3 Å². The predicted octanol–water partition coefficient (Wildman–Crippen LogP) is 5.39. The molecule has 0 fully saturated rings. The summed E-state index contributed by atoms with van der Waals surface area (Å²) < 4.78 is 1.77. The zero-order valence-electron chi connectivity index (χ0n) is 19.3. The maximum Gasteiger partial charge on any atom is 0.303 e. The van der Waals surface area contributed by atoms with Gasteiger partial charge in [0, 0.05) is 35.0 Å². The zero-order chi connectivity index (χ0) is 24.8. The molecule has 0 saturated carbocycles. The van der Waals surface area contributed by atoms with Crippen molar-refractivity contribution in [3.8, 4) is 16.9 Å². The van der Waals surface area contributed by atoms with Gasteiger partial charge in [0.1, 0.15) is 0 Å². The smallest absolute Gasteiger partial charge is 0.303 e. The van der Waals surface area contributed by atoms with Gasteiger partial charge in [0.05, 0.1) is 29.6 Å². The number of carboxylic acid groups (broad SMARTS) is 1. The van der Waals surface area contributed by atoms with Gasteiger partial charge in [-0.25, -0.2) is 4.68 Å². The summed E-state index contributed by atoms with van der Waals surface area (Å²) in [5.74, 6) is -1.40. The van der Waals surface area contributed by atoms with Crippen LogP contribution in [-0.2, 0) is 9.59 Å². The summed E-state index contributed by atoms with van der Waals surface area (Å²) in [6.07, 6.45) is 1.74. The first kappa shape index (κ1) is 24.1. The number of aliphatic carboxylic acids is 1. The summed E-state index contributed by atoms with van der Waals surface area (Å²) >= 11 is 1.47. The van der Waals surface area contributed by atoms with Crippen LogP contribution in [0.1, 0.15) is 41.3 Å². The van der Waals surface area contributed by atoms with E-state index in [1.807, 2.05) is 85.2 Å². The number of hydrogen-bond acceptors (Lipinski definition) is 5. The van der Waals surface area contributed by atoms with E-state index in [9.17, 15) is 9.59 Å². The van der Waals surface area contributed by atoms with Crippen LogP contribution in [-0.4, -0.2) is 32.5 Å². The quantitative estimate of drug-likeness (QED) is 0.261. The molecule has 1 amide bonds. The van der Waals surface area contributed by atoms with Crippen LogP contribution in [0.25, 0.3) is 16.9 Å². The lowest BCUT2D eigenvalue weighted by Gasteiger charge is -2.19. The predicted molar refractivity (Wildman–Crippen MR) is 137 cm³/mol. The first-order valence-electron chi connectivity index (χ1n) is 11.2. The molecule has 0 aliphatic carbocycles. The molecule has 7 nitrogen and oxygen atoms in total. The highest BCUT2D eigenvalue weighted by atomic mass is 32.1. The molecule has 0 spiro atoms. The van der Waals surface area contributed by atoms with Gasteiger partial charge >= 0.3 is 5.97 Å². The SMILES string of the molecule is Cc1ccc(-c2nn(-c3ccccc3)cc2C(CC(=N)c2cccs2)NC(=O)CCC(=O)O)cc1. The highest BCUT2D eigenvalue weighted by Gasteiger charge is 2.25. The van der Waals surface area contributed by atoms with Gasteiger partial charge in [-0.2, -0.15) is 5.10 Å². The van der Waals surface area contributed by atoms with Crippen LogP contribution in [0.15, 0.2) is 78.3 Å². The van der Waals surface area contributed by atoms with Crippen molar-refractivity contribution in [3.05, 3.63) is 94.3 Å². The van der Waals surface area contributed by atoms with E-state index in [2.05, 4.69) is 5.32 Å². The Labute approximate surface area is 207 Å². The number of para-hydroxylation sites is 1. The second kappa shape index (κ2) is 10.9. The Bertz CT molecular complexity index is 1310. The van der Waals surface area contributed by atoms with Crippen LogP contribution in [0, 0.1) is 12.3 Å². The van der Waals surface area contributed by atoms with Crippen molar-refractivity contribution in [2.75, 3.05) is 0 Å². The molecule has 8 heteroatoms. The van der Waals surface area contributed by atoms with Gasteiger partial charge in [0.25, 0.3) is 0 Å². The van der Waals surface area contributed by atoms with Crippen LogP contribution in [0.3, 0.4) is 0 Å². The first-order valence-corrected chi connectivity index (χ1v) is 12.1. The number of hydrogen-bond donors (Lipinski definition) is 3. The summed E-state index contributed by atoms with van der Waals surface area (Å²) in [6, 6.07) is 20.9. The summed E-state index contributed by atoms with van der Waals surface area (Å²) in [5, 5.41) is 27.4. The van der Waals surface area contributed by atoms with Gasteiger partial charge in [0.2, 0.25) is 5.91 Å². The number of thiophene rings is 1. The lowest BCUT2D eigenvalue weighted by molar-refractivity contribution is -0.138. The molecule has 0 bridgehead atoms. The standard InChI is InChI=1S/C27H26N4O3S/c1-18-9-11-19(12-10-18)27-21(17-31(30-27)20-6-3-2-4-7-20)23(29-25(32)13-14-26(33)34)16-22(28)24-8-5-15-35-24/h2-12,15,17,23,28H,13-14,16H2,1H3,(H,29,32)(H,33,34). The van der Waals surface area contributed by atoms with E-state index >= 15 is 0 Å². The monoisotopic (exact) mass is 486 g/mol. The number of rotatable bonds is 10. The van der Waals surface area contributed by atoms with Crippen LogP contribution in [0.5, 0.6) is 0 Å². The average Bonchev–Trinajstić information content (AvgIpc) is 3.54. The van der Waals surface area contributed by atoms with Crippen LogP contribution in [0.4, 0.5) is 0 Å². The molecule has 2 aromatic heterocycles. The average molecular weight is 487 g/mol. The van der Waals surface area contributed by atoms with E-state index in [1.54, 1.807) is 4.68 Å². The number of benzene rings is 2. The molecule has 3 N–H and O–H groups in total. The van der Waals surface area contributed by atoms with E-state index < -0.39 is 12.0 Å². The van der Waals surface area contributed by atoms with Gasteiger partial charge < -0.3 is 15.8 Å². The molecule has 0 radical (unpaired) electrons. The van der Waals surface area contributed by atoms with Crippen molar-refractivity contribution in [2.24, 2.45) is 0 Å². The fourth-order valence-electron chi connectivity index (χ4n) is 3.77. The minimum Gasteiger partial charge on any atom is -0.481 e. The lowest BCUT2D eigenvalue weighted by Crippen LogP contribution is -2.30. The highest BCUT2D eigenvalue weighted by Crippen LogP contribution is 2.31. The summed E-state index contributed by atoms with van der Waals surface area (Å²) in [5.41, 5.74) is 4.75. The van der Waals surface area contributed by atoms with E-state index in [-0.39, 0.29) is 25.2 Å². The fraction of sp³-hybridized carbons (Fsp3) is 0.185. The fourth-order valence-corrected chi connectivity index (χ4v) is 4.46. The molecule has 0 aliphatic heterocycles. The molecule has 2 aromatic carbocycles. The Hall–Kier alpha value is -4.04. The van der Waals surface area contributed by atoms with Gasteiger partial charge in [-0.15, -0.1) is 11.3 Å². The molecular formula is C27H26N4O3S. The van der Waals surface area contributed by atoms with Crippen LogP contribution < -0.4 is 5.32 Å². The normalized spacial score (nSPS) is 11.7. The number of aromatic nitrogens is 2. The Morgan fingerprint density at radius 1 is 1.06 bits per heavy atom. The number of carboxylic acids is 1. The first-order chi connectivity index (χ1) is 16.9. The summed E-state index contributed by atoms with van der Waals surface area (Å²) in [6.45, 7) is 2.01. The molecule has 4 rings (SSSR count). The summed E-state index contributed by atoms with van der Waals surface area (Å²) in [4.78, 5) is 24.5. The second-order valence-corrected chi connectivity index (χ2v) is 9.20. The van der Waals surface area contributed by atoms with Crippen LogP contribution in [0.2, 0.25) is 0 Å². The number of nitrogens with zero attached hydrogens (tertiary/aromatic N) is 2. The number of carbonyl (C=O) groups excluding carboxylic acids is 1. The molecular weight excluding hydrogens is 460 g/mol. The molecule has 0 aliphatic rings. The van der Waals surface area contributed by atoms with E-state index in [4.69, 9.17) is 15.6 Å². The van der Waals surface area contributed by atoms with E-state index in [0.717, 1.165) is 27.3 Å². The Morgan fingerprint density at radius 3 is 2.46 bits per heavy atom. The van der Waals surface area contributed by atoms with Crippen molar-refractivity contribution in [1.82, 2.24) is 15.1 Å². The maximum absolute atomic E-state index is 12.7. The van der Waals surface area contributed by atoms with Crippen molar-refractivity contribution >= 4 is 28.9 Å². The van der Waals surface area contributed by atoms with E-state index in [0.29, 0.717) is 11.4 Å². The van der Waals surface area contributed by atoms with Crippen molar-refractivity contribution < 1.29 is 14.7 Å². The maximum atomic E-state index is 12.7. The molecule has 4 aromatic rings. The largest absolute Gasteiger partial charge is 0.481 e. The van der Waals surface area contributed by atoms with Gasteiger partial charge in [-0.1, -0.05) is 54.1 Å². The lowest BCUT2D eigenvalue weighted by atomic mass is 9.97. The number of amides is 1. The van der Waals surface area contributed by atoms with Gasteiger partial charge in [-0.05, 0) is 30.5 Å². The number of nitrogens with one attached hydrogen (secondary N) is 2. The molecule has 178 valence electrons. The van der Waals surface area contributed by atoms with Gasteiger partial charge in [-0.3, -0.25) is 9.59 Å². The zero-order valence-corrected chi connectivity index (χ0v) is 20.1. The topological polar surface area (TPSA) is 108 Å². The number of carbonyl (C=O) groups is 2. The minimum absolute atomic E-state index is 0.134. The number of aryl methyl sites for hydroxylation is 1. The van der Waals surface area contributed by atoms with Gasteiger partial charge in [0.15, 0.2) is 0 Å². The van der Waals surface area contributed by atoms with Crippen molar-refractivity contribution in [1.29, 1.82) is 5.41 Å². The molecule has 2 heterocycles. The second-order valence-electron chi connectivity index (χ2n) is 8.25. The Kier molecular flexibility index (Phi) is 7.52. The Balaban J connectivity index is 1.76. The summed E-state index contributed by atoms with van der Waals surface area (Å²) in [7, 11) is 0. The molecule has 0 saturated heterocycles. The third kappa shape index (κ3) is 6.10. The highest BCUT2D eigenvalue weighted by molar-refractivity contribution is 7.12. The third-order valence-electron chi connectivity index (χ3n) is 5.59. The molecule has 1 atom stereocenters. The third-order valence-corrected chi connectivity index (χ3v) is 6.52. The van der Waals surface area contributed by atoms with Crippen molar-refractivity contribution in [2.45, 2.75) is 32.2 Å².